The van der Waals surface area contributed by atoms with E-state index in [9.17, 15) is 13.2 Å². The highest BCUT2D eigenvalue weighted by molar-refractivity contribution is 9.10. The summed E-state index contributed by atoms with van der Waals surface area (Å²) >= 11 is 3.31. The summed E-state index contributed by atoms with van der Waals surface area (Å²) in [6, 6.07) is 6.97. The molecule has 0 aliphatic rings. The molecule has 0 aliphatic heterocycles. The Hall–Kier alpha value is -1.28. The van der Waals surface area contributed by atoms with Gasteiger partial charge in [0, 0.05) is 11.0 Å². The molecule has 0 saturated carbocycles. The van der Waals surface area contributed by atoms with Crippen molar-refractivity contribution in [2.75, 3.05) is 30.8 Å². The van der Waals surface area contributed by atoms with Gasteiger partial charge in [-0.1, -0.05) is 12.1 Å². The fourth-order valence-corrected chi connectivity index (χ4v) is 3.01. The zero-order valence-electron chi connectivity index (χ0n) is 10.6. The van der Waals surface area contributed by atoms with Crippen molar-refractivity contribution >= 4 is 37.7 Å². The molecule has 0 radical (unpaired) electrons. The van der Waals surface area contributed by atoms with Gasteiger partial charge in [-0.25, -0.2) is 13.2 Å². The van der Waals surface area contributed by atoms with E-state index in [1.807, 2.05) is 0 Å². The van der Waals surface area contributed by atoms with Crippen LogP contribution in [0.25, 0.3) is 0 Å². The molecular formula is C11H15BrN2O4S. The molecule has 6 nitrogen and oxygen atoms in total. The van der Waals surface area contributed by atoms with Crippen molar-refractivity contribution in [1.29, 1.82) is 0 Å². The predicted octanol–water partition coefficient (Wildman–Crippen LogP) is 1.57. The van der Waals surface area contributed by atoms with Crippen molar-refractivity contribution in [2.24, 2.45) is 0 Å². The molecule has 8 heteroatoms. The molecule has 0 aliphatic carbocycles. The summed E-state index contributed by atoms with van der Waals surface area (Å²) in [7, 11) is -2.19. The smallest absolute Gasteiger partial charge is 0.406 e. The largest absolute Gasteiger partial charge is 0.453 e. The summed E-state index contributed by atoms with van der Waals surface area (Å²) in [5.41, 5.74) is 0.525. The maximum Gasteiger partial charge on any atom is 0.406 e. The number of carbonyl (C=O) groups is 1. The third-order valence-electron chi connectivity index (χ3n) is 2.29. The van der Waals surface area contributed by atoms with Crippen molar-refractivity contribution in [3.63, 3.8) is 0 Å². The van der Waals surface area contributed by atoms with E-state index in [0.717, 1.165) is 6.26 Å². The van der Waals surface area contributed by atoms with Crippen molar-refractivity contribution in [3.05, 3.63) is 28.7 Å². The first-order chi connectivity index (χ1) is 8.86. The third-order valence-corrected chi connectivity index (χ3v) is 4.14. The van der Waals surface area contributed by atoms with E-state index in [4.69, 9.17) is 0 Å². The second kappa shape index (κ2) is 6.76. The van der Waals surface area contributed by atoms with Crippen molar-refractivity contribution in [1.82, 2.24) is 5.32 Å². The molecule has 106 valence electrons. The van der Waals surface area contributed by atoms with Crippen LogP contribution in [0.2, 0.25) is 0 Å². The molecule has 1 N–H and O–H groups in total. The van der Waals surface area contributed by atoms with Gasteiger partial charge in [-0.3, -0.25) is 4.31 Å². The highest BCUT2D eigenvalue weighted by atomic mass is 79.9. The van der Waals surface area contributed by atoms with Gasteiger partial charge >= 0.3 is 6.09 Å². The number of nitrogens with zero attached hydrogens (tertiary/aromatic N) is 1. The molecule has 0 bridgehead atoms. The van der Waals surface area contributed by atoms with E-state index in [0.29, 0.717) is 10.2 Å². The highest BCUT2D eigenvalue weighted by Crippen LogP contribution is 2.27. The molecule has 0 saturated heterocycles. The minimum absolute atomic E-state index is 0.122. The van der Waals surface area contributed by atoms with Gasteiger partial charge in [0.15, 0.2) is 0 Å². The number of amides is 1. The van der Waals surface area contributed by atoms with Crippen molar-refractivity contribution in [3.8, 4) is 0 Å². The summed E-state index contributed by atoms with van der Waals surface area (Å²) in [6.07, 6.45) is 0.519. The van der Waals surface area contributed by atoms with E-state index in [2.05, 4.69) is 26.0 Å². The van der Waals surface area contributed by atoms with Crippen molar-refractivity contribution < 1.29 is 17.9 Å². The summed E-state index contributed by atoms with van der Waals surface area (Å²) in [6.45, 7) is 0.275. The van der Waals surface area contributed by atoms with Crippen LogP contribution in [0.3, 0.4) is 0 Å². The first-order valence-corrected chi connectivity index (χ1v) is 8.04. The summed E-state index contributed by atoms with van der Waals surface area (Å²) in [5.74, 6) is 0. The standard InChI is InChI=1S/C11H15BrN2O4S/c1-18-11(15)13-7-8-14(19(2,16)17)10-6-4-3-5-9(10)12/h3-6H,7-8H2,1-2H3,(H,13,15). The van der Waals surface area contributed by atoms with E-state index >= 15 is 0 Å². The van der Waals surface area contributed by atoms with E-state index < -0.39 is 16.1 Å². The van der Waals surface area contributed by atoms with Crippen LogP contribution in [-0.2, 0) is 14.8 Å². The Morgan fingerprint density at radius 3 is 2.58 bits per heavy atom. The quantitative estimate of drug-likeness (QED) is 0.874. The molecular weight excluding hydrogens is 336 g/mol. The second-order valence-electron chi connectivity index (χ2n) is 3.70. The Morgan fingerprint density at radius 1 is 1.42 bits per heavy atom. The molecule has 0 fully saturated rings. The van der Waals surface area contributed by atoms with Gasteiger partial charge in [0.05, 0.1) is 25.6 Å². The number of hydrogen-bond donors (Lipinski definition) is 1. The van der Waals surface area contributed by atoms with Gasteiger partial charge in [0.2, 0.25) is 10.0 Å². The Morgan fingerprint density at radius 2 is 2.05 bits per heavy atom. The number of sulfonamides is 1. The molecule has 1 amide bonds. The van der Waals surface area contributed by atoms with E-state index in [-0.39, 0.29) is 13.1 Å². The van der Waals surface area contributed by atoms with Crippen LogP contribution >= 0.6 is 15.9 Å². The number of ether oxygens (including phenoxy) is 1. The van der Waals surface area contributed by atoms with Crippen LogP contribution in [0.5, 0.6) is 0 Å². The lowest BCUT2D eigenvalue weighted by Crippen LogP contribution is -2.38. The number of halogens is 1. The molecule has 0 unspecified atom stereocenters. The second-order valence-corrected chi connectivity index (χ2v) is 6.47. The lowest BCUT2D eigenvalue weighted by Gasteiger charge is -2.23. The maximum absolute atomic E-state index is 11.8. The SMILES string of the molecule is COC(=O)NCCN(c1ccccc1Br)S(C)(=O)=O. The number of methoxy groups -OCH3 is 1. The summed E-state index contributed by atoms with van der Waals surface area (Å²) < 4.78 is 29.9. The van der Waals surface area contributed by atoms with Gasteiger partial charge in [0.25, 0.3) is 0 Å². The Bertz CT molecular complexity index is 547. The number of para-hydroxylation sites is 1. The maximum atomic E-state index is 11.8. The molecule has 0 atom stereocenters. The Kier molecular flexibility index (Phi) is 5.61. The van der Waals surface area contributed by atoms with Crippen LogP contribution in [0.4, 0.5) is 10.5 Å². The van der Waals surface area contributed by atoms with Crippen LogP contribution < -0.4 is 9.62 Å². The predicted molar refractivity (Wildman–Crippen MR) is 76.7 cm³/mol. The zero-order valence-corrected chi connectivity index (χ0v) is 13.0. The number of hydrogen-bond acceptors (Lipinski definition) is 4. The molecule has 0 heterocycles. The normalized spacial score (nSPS) is 10.9. The van der Waals surface area contributed by atoms with Gasteiger partial charge < -0.3 is 10.1 Å². The number of benzene rings is 1. The average molecular weight is 351 g/mol. The van der Waals surface area contributed by atoms with Gasteiger partial charge in [-0.2, -0.15) is 0 Å². The van der Waals surface area contributed by atoms with Crippen LogP contribution in [0.15, 0.2) is 28.7 Å². The lowest BCUT2D eigenvalue weighted by molar-refractivity contribution is 0.171. The first-order valence-electron chi connectivity index (χ1n) is 5.40. The van der Waals surface area contributed by atoms with Gasteiger partial charge in [0.1, 0.15) is 0 Å². The first kappa shape index (κ1) is 15.8. The topological polar surface area (TPSA) is 75.7 Å². The molecule has 19 heavy (non-hydrogen) atoms. The zero-order chi connectivity index (χ0) is 14.5. The summed E-state index contributed by atoms with van der Waals surface area (Å²) in [4.78, 5) is 10.9. The third kappa shape index (κ3) is 4.71. The minimum Gasteiger partial charge on any atom is -0.453 e. The fourth-order valence-electron chi connectivity index (χ4n) is 1.45. The number of alkyl carbamates (subject to hydrolysis) is 1. The van der Waals surface area contributed by atoms with Gasteiger partial charge in [-0.05, 0) is 28.1 Å². The fraction of sp³-hybridized carbons (Fsp3) is 0.364. The monoisotopic (exact) mass is 350 g/mol. The summed E-state index contributed by atoms with van der Waals surface area (Å²) in [5, 5.41) is 2.44. The number of rotatable bonds is 5. The lowest BCUT2D eigenvalue weighted by atomic mass is 10.3. The number of carbonyl (C=O) groups excluding carboxylic acids is 1. The molecule has 1 rings (SSSR count). The van der Waals surface area contributed by atoms with Crippen LogP contribution in [0, 0.1) is 0 Å². The van der Waals surface area contributed by atoms with Crippen LogP contribution in [0.1, 0.15) is 0 Å². The van der Waals surface area contributed by atoms with E-state index in [1.165, 1.54) is 11.4 Å². The Balaban J connectivity index is 2.86. The van der Waals surface area contributed by atoms with Crippen molar-refractivity contribution in [2.45, 2.75) is 0 Å². The molecule has 1 aromatic rings. The van der Waals surface area contributed by atoms with Gasteiger partial charge in [-0.15, -0.1) is 0 Å². The minimum atomic E-state index is -3.43. The number of nitrogens with one attached hydrogen (secondary N) is 1. The molecule has 0 aromatic heterocycles. The van der Waals surface area contributed by atoms with E-state index in [1.54, 1.807) is 24.3 Å². The average Bonchev–Trinajstić information content (AvgIpc) is 2.34. The molecule has 1 aromatic carbocycles. The Labute approximate surface area is 120 Å². The number of anilines is 1. The highest BCUT2D eigenvalue weighted by Gasteiger charge is 2.19. The molecule has 0 spiro atoms. The van der Waals surface area contributed by atoms with Crippen LogP contribution in [-0.4, -0.2) is 41.0 Å².